The monoisotopic (exact) mass is 654 g/mol. The fourth-order valence-electron chi connectivity index (χ4n) is 4.23. The van der Waals surface area contributed by atoms with Crippen LogP contribution in [0.1, 0.15) is 16.7 Å². The number of primary amides is 1. The van der Waals surface area contributed by atoms with E-state index in [0.717, 1.165) is 11.1 Å². The van der Waals surface area contributed by atoms with Crippen molar-refractivity contribution in [2.45, 2.75) is 19.3 Å². The van der Waals surface area contributed by atoms with Crippen molar-refractivity contribution in [1.29, 1.82) is 0 Å². The molecule has 0 fully saturated rings. The number of benzene rings is 3. The van der Waals surface area contributed by atoms with E-state index >= 15 is 0 Å². The molecule has 0 saturated carbocycles. The second-order valence-corrected chi connectivity index (χ2v) is 11.3. The van der Waals surface area contributed by atoms with Crippen LogP contribution in [0.2, 0.25) is 20.1 Å². The molecule has 0 spiro atoms. The van der Waals surface area contributed by atoms with Gasteiger partial charge in [-0.05, 0) is 72.8 Å². The molecule has 3 rings (SSSR count). The number of carbonyl (C=O) groups excluding carboxylic acids is 3. The maximum absolute atomic E-state index is 13.9. The van der Waals surface area contributed by atoms with E-state index in [0.29, 0.717) is 51.5 Å². The lowest BCUT2D eigenvalue weighted by Gasteiger charge is -2.27. The summed E-state index contributed by atoms with van der Waals surface area (Å²) in [5, 5.41) is 4.86. The first kappa shape index (κ1) is 33.6. The number of rotatable bonds is 15. The van der Waals surface area contributed by atoms with Gasteiger partial charge >= 0.3 is 0 Å². The lowest BCUT2D eigenvalue weighted by molar-refractivity contribution is -0.141. The maximum atomic E-state index is 13.9. The highest BCUT2D eigenvalue weighted by Gasteiger charge is 2.23. The Balaban J connectivity index is 1.69. The van der Waals surface area contributed by atoms with Gasteiger partial charge < -0.3 is 20.9 Å². The minimum atomic E-state index is -0.689. The number of nitrogens with two attached hydrogens (primary N) is 1. The Kier molecular flexibility index (Phi) is 13.4. The van der Waals surface area contributed by atoms with Gasteiger partial charge in [-0.2, -0.15) is 0 Å². The smallest absolute Gasteiger partial charge is 0.242 e. The number of hydrogen-bond acceptors (Lipinski definition) is 4. The van der Waals surface area contributed by atoms with Gasteiger partial charge in [0.2, 0.25) is 17.7 Å². The van der Waals surface area contributed by atoms with E-state index in [2.05, 4.69) is 5.32 Å². The van der Waals surface area contributed by atoms with Crippen LogP contribution in [0, 0.1) is 5.82 Å². The van der Waals surface area contributed by atoms with Crippen molar-refractivity contribution in [3.8, 4) is 0 Å². The first-order valence-corrected chi connectivity index (χ1v) is 14.7. The summed E-state index contributed by atoms with van der Waals surface area (Å²) in [6, 6.07) is 16.5. The Bertz CT molecular complexity index is 1410. The van der Waals surface area contributed by atoms with Crippen molar-refractivity contribution in [3.05, 3.63) is 103 Å². The van der Waals surface area contributed by atoms with Crippen molar-refractivity contribution >= 4 is 64.1 Å². The number of amides is 3. The van der Waals surface area contributed by atoms with Crippen LogP contribution in [0.25, 0.3) is 0 Å². The molecule has 0 aliphatic carbocycles. The molecule has 0 aromatic heterocycles. The summed E-state index contributed by atoms with van der Waals surface area (Å²) < 4.78 is 13.9. The highest BCUT2D eigenvalue weighted by atomic mass is 35.5. The van der Waals surface area contributed by atoms with Gasteiger partial charge in [0.15, 0.2) is 0 Å². The zero-order valence-electron chi connectivity index (χ0n) is 22.7. The number of nitrogens with zero attached hydrogens (tertiary/aromatic N) is 2. The molecule has 0 aliphatic heterocycles. The zero-order chi connectivity index (χ0) is 30.6. The predicted octanol–water partition coefficient (Wildman–Crippen LogP) is 5.20. The molecule has 0 radical (unpaired) electrons. The van der Waals surface area contributed by atoms with Gasteiger partial charge in [0.25, 0.3) is 0 Å². The highest BCUT2D eigenvalue weighted by molar-refractivity contribution is 6.35. The van der Waals surface area contributed by atoms with Crippen LogP contribution in [0.5, 0.6) is 0 Å². The van der Waals surface area contributed by atoms with Crippen molar-refractivity contribution in [3.63, 3.8) is 0 Å². The summed E-state index contributed by atoms with van der Waals surface area (Å²) in [4.78, 5) is 41.1. The summed E-state index contributed by atoms with van der Waals surface area (Å²) in [5.74, 6) is -1.80. The second-order valence-electron chi connectivity index (χ2n) is 9.59. The van der Waals surface area contributed by atoms with Gasteiger partial charge in [-0.3, -0.25) is 14.4 Å². The molecule has 0 heterocycles. The fraction of sp³-hybridized carbons (Fsp3) is 0.300. The lowest BCUT2D eigenvalue weighted by Crippen LogP contribution is -2.48. The minimum Gasteiger partial charge on any atom is -0.368 e. The first-order chi connectivity index (χ1) is 20.0. The largest absolute Gasteiger partial charge is 0.368 e. The standard InChI is InChI=1S/C30H31Cl4FN4O3/c31-23-7-5-20(25(33)15-23)10-13-38(18-28(36)40)30(42)19-39(14-11-21-6-8-24(32)16-26(21)34)29(41)17-37-12-9-22-3-1-2-4-27(22)35/h1-8,15-16,37H,9-14,17-19H2,(H2,36,40). The number of carbonyl (C=O) groups is 3. The molecule has 0 bridgehead atoms. The van der Waals surface area contributed by atoms with E-state index < -0.39 is 11.8 Å². The Hall–Kier alpha value is -2.88. The minimum absolute atomic E-state index is 0.0771. The third-order valence-electron chi connectivity index (χ3n) is 6.52. The molecule has 0 saturated heterocycles. The van der Waals surface area contributed by atoms with Gasteiger partial charge in [0.1, 0.15) is 5.82 Å². The summed E-state index contributed by atoms with van der Waals surface area (Å²) in [6.45, 7) is -0.0144. The molecule has 3 amide bonds. The Morgan fingerprint density at radius 3 is 1.79 bits per heavy atom. The van der Waals surface area contributed by atoms with Crippen LogP contribution in [-0.4, -0.2) is 66.8 Å². The summed E-state index contributed by atoms with van der Waals surface area (Å²) in [5.41, 5.74) is 7.45. The Labute approximate surface area is 264 Å². The molecule has 42 heavy (non-hydrogen) atoms. The summed E-state index contributed by atoms with van der Waals surface area (Å²) in [7, 11) is 0. The van der Waals surface area contributed by atoms with Crippen LogP contribution in [0.3, 0.4) is 0 Å². The third-order valence-corrected chi connectivity index (χ3v) is 7.69. The van der Waals surface area contributed by atoms with Gasteiger partial charge in [-0.15, -0.1) is 0 Å². The molecule has 0 aliphatic rings. The average molecular weight is 656 g/mol. The molecule has 3 aromatic carbocycles. The zero-order valence-corrected chi connectivity index (χ0v) is 25.7. The first-order valence-electron chi connectivity index (χ1n) is 13.2. The van der Waals surface area contributed by atoms with Gasteiger partial charge in [0.05, 0.1) is 19.6 Å². The van der Waals surface area contributed by atoms with E-state index in [9.17, 15) is 18.8 Å². The van der Waals surface area contributed by atoms with Crippen LogP contribution >= 0.6 is 46.4 Å². The normalized spacial score (nSPS) is 10.9. The molecule has 12 heteroatoms. The topological polar surface area (TPSA) is 95.7 Å². The van der Waals surface area contributed by atoms with Crippen LogP contribution in [-0.2, 0) is 33.6 Å². The fourth-order valence-corrected chi connectivity index (χ4v) is 5.23. The number of halogens is 5. The lowest BCUT2D eigenvalue weighted by atomic mass is 10.1. The molecular weight excluding hydrogens is 625 g/mol. The molecule has 0 unspecified atom stereocenters. The molecule has 3 aromatic rings. The van der Waals surface area contributed by atoms with Crippen LogP contribution < -0.4 is 11.1 Å². The van der Waals surface area contributed by atoms with E-state index in [-0.39, 0.29) is 44.4 Å². The average Bonchev–Trinajstić information content (AvgIpc) is 2.93. The van der Waals surface area contributed by atoms with Crippen LogP contribution in [0.15, 0.2) is 60.7 Å². The molecule has 3 N–H and O–H groups in total. The predicted molar refractivity (Wildman–Crippen MR) is 166 cm³/mol. The highest BCUT2D eigenvalue weighted by Crippen LogP contribution is 2.23. The molecule has 0 atom stereocenters. The van der Waals surface area contributed by atoms with Crippen molar-refractivity contribution in [1.82, 2.24) is 15.1 Å². The van der Waals surface area contributed by atoms with Gasteiger partial charge in [-0.25, -0.2) is 4.39 Å². The van der Waals surface area contributed by atoms with E-state index in [4.69, 9.17) is 52.1 Å². The summed E-state index contributed by atoms with van der Waals surface area (Å²) >= 11 is 24.6. The molecular formula is C30H31Cl4FN4O3. The third kappa shape index (κ3) is 10.7. The number of hydrogen-bond donors (Lipinski definition) is 2. The van der Waals surface area contributed by atoms with Crippen molar-refractivity contribution < 1.29 is 18.8 Å². The number of nitrogens with one attached hydrogen (secondary N) is 1. The van der Waals surface area contributed by atoms with Crippen molar-refractivity contribution in [2.75, 3.05) is 39.3 Å². The van der Waals surface area contributed by atoms with Crippen LogP contribution in [0.4, 0.5) is 4.39 Å². The van der Waals surface area contributed by atoms with Gasteiger partial charge in [-0.1, -0.05) is 76.7 Å². The van der Waals surface area contributed by atoms with Gasteiger partial charge in [0, 0.05) is 33.2 Å². The summed E-state index contributed by atoms with van der Waals surface area (Å²) in [6.07, 6.45) is 1.10. The SMILES string of the molecule is NC(=O)CN(CCc1ccc(Cl)cc1Cl)C(=O)CN(CCc1ccc(Cl)cc1Cl)C(=O)CNCCc1ccccc1F. The van der Waals surface area contributed by atoms with E-state index in [1.54, 1.807) is 54.6 Å². The quantitative estimate of drug-likeness (QED) is 0.220. The van der Waals surface area contributed by atoms with Crippen molar-refractivity contribution in [2.24, 2.45) is 5.73 Å². The van der Waals surface area contributed by atoms with E-state index in [1.165, 1.54) is 15.9 Å². The van der Waals surface area contributed by atoms with E-state index in [1.807, 2.05) is 0 Å². The maximum Gasteiger partial charge on any atom is 0.242 e. The Morgan fingerprint density at radius 1 is 0.714 bits per heavy atom. The second kappa shape index (κ2) is 16.7. The molecule has 224 valence electrons. The Morgan fingerprint density at radius 2 is 1.26 bits per heavy atom. The molecule has 7 nitrogen and oxygen atoms in total.